The molecule has 0 aliphatic rings. The van der Waals surface area contributed by atoms with Gasteiger partial charge in [0.1, 0.15) is 6.07 Å². The van der Waals surface area contributed by atoms with Crippen LogP contribution in [0.2, 0.25) is 0 Å². The lowest BCUT2D eigenvalue weighted by atomic mass is 10.0. The van der Waals surface area contributed by atoms with Crippen LogP contribution in [0, 0.1) is 18.3 Å². The van der Waals surface area contributed by atoms with Crippen molar-refractivity contribution >= 4 is 5.69 Å². The summed E-state index contributed by atoms with van der Waals surface area (Å²) in [6.07, 6.45) is 0. The van der Waals surface area contributed by atoms with Crippen molar-refractivity contribution in [1.82, 2.24) is 0 Å². The number of aryl methyl sites for hydroxylation is 1. The fourth-order valence-electron chi connectivity index (χ4n) is 1.45. The number of likely N-dealkylation sites (N-methyl/N-ethyl adjacent to an activating group) is 1. The Labute approximate surface area is 96.9 Å². The molecule has 0 radical (unpaired) electrons. The molecule has 1 aromatic rings. The molecule has 0 unspecified atom stereocenters. The van der Waals surface area contributed by atoms with Crippen LogP contribution >= 0.6 is 0 Å². The number of rotatable bonds is 3. The van der Waals surface area contributed by atoms with Gasteiger partial charge in [-0.3, -0.25) is 0 Å². The van der Waals surface area contributed by atoms with Crippen LogP contribution in [0.4, 0.5) is 5.69 Å². The molecule has 0 heterocycles. The minimum Gasteiger partial charge on any atom is -0.394 e. The van der Waals surface area contributed by atoms with Crippen molar-refractivity contribution in [2.45, 2.75) is 26.3 Å². The molecule has 0 aromatic heterocycles. The van der Waals surface area contributed by atoms with Gasteiger partial charge in [0.15, 0.2) is 0 Å². The van der Waals surface area contributed by atoms with Crippen molar-refractivity contribution in [2.24, 2.45) is 0 Å². The minimum absolute atomic E-state index is 0.0440. The van der Waals surface area contributed by atoms with Gasteiger partial charge in [-0.05, 0) is 38.5 Å². The first-order valence-corrected chi connectivity index (χ1v) is 5.28. The lowest BCUT2D eigenvalue weighted by Crippen LogP contribution is -2.44. The molecule has 0 saturated heterocycles. The quantitative estimate of drug-likeness (QED) is 0.845. The summed E-state index contributed by atoms with van der Waals surface area (Å²) in [6, 6.07) is 7.88. The maximum atomic E-state index is 9.33. The Bertz CT molecular complexity index is 418. The third kappa shape index (κ3) is 2.34. The van der Waals surface area contributed by atoms with E-state index in [9.17, 15) is 5.11 Å². The van der Waals surface area contributed by atoms with Gasteiger partial charge in [0.2, 0.25) is 0 Å². The Balaban J connectivity index is 3.22. The van der Waals surface area contributed by atoms with Gasteiger partial charge in [-0.2, -0.15) is 5.26 Å². The fraction of sp³-hybridized carbons (Fsp3) is 0.462. The molecule has 1 N–H and O–H groups in total. The highest BCUT2D eigenvalue weighted by atomic mass is 16.3. The lowest BCUT2D eigenvalue weighted by Gasteiger charge is -2.36. The molecule has 0 bridgehead atoms. The first-order valence-electron chi connectivity index (χ1n) is 5.28. The van der Waals surface area contributed by atoms with E-state index in [1.54, 1.807) is 0 Å². The van der Waals surface area contributed by atoms with E-state index in [4.69, 9.17) is 5.26 Å². The van der Waals surface area contributed by atoms with Crippen LogP contribution in [0.25, 0.3) is 0 Å². The minimum atomic E-state index is -0.376. The van der Waals surface area contributed by atoms with Crippen molar-refractivity contribution in [3.8, 4) is 6.07 Å². The predicted octanol–water partition coefficient (Wildman–Crippen LogP) is 2.07. The molecule has 0 amide bonds. The summed E-state index contributed by atoms with van der Waals surface area (Å²) in [5.74, 6) is 0. The zero-order chi connectivity index (χ0) is 12.3. The molecule has 0 atom stereocenters. The molecule has 1 aromatic carbocycles. The molecular weight excluding hydrogens is 200 g/mol. The summed E-state index contributed by atoms with van der Waals surface area (Å²) in [6.45, 7) is 5.92. The van der Waals surface area contributed by atoms with E-state index >= 15 is 0 Å². The van der Waals surface area contributed by atoms with Crippen LogP contribution in [-0.2, 0) is 0 Å². The number of anilines is 1. The summed E-state index contributed by atoms with van der Waals surface area (Å²) in [4.78, 5) is 1.94. The molecule has 0 aliphatic carbocycles. The maximum Gasteiger partial charge on any atom is 0.101 e. The number of benzene rings is 1. The number of aliphatic hydroxyl groups excluding tert-OH is 1. The molecule has 0 saturated carbocycles. The van der Waals surface area contributed by atoms with E-state index in [1.165, 1.54) is 0 Å². The first kappa shape index (κ1) is 12.5. The van der Waals surface area contributed by atoms with E-state index in [2.05, 4.69) is 6.07 Å². The predicted molar refractivity (Wildman–Crippen MR) is 65.5 cm³/mol. The van der Waals surface area contributed by atoms with E-state index < -0.39 is 0 Å². The van der Waals surface area contributed by atoms with Gasteiger partial charge >= 0.3 is 0 Å². The van der Waals surface area contributed by atoms with Gasteiger partial charge in [0.05, 0.1) is 23.4 Å². The van der Waals surface area contributed by atoms with Gasteiger partial charge < -0.3 is 10.0 Å². The zero-order valence-corrected chi connectivity index (χ0v) is 10.3. The standard InChI is InChI=1S/C13H18N2O/c1-10-5-6-11(8-14)12(7-10)15(4)13(2,3)9-16/h5-7,16H,9H2,1-4H3. The van der Waals surface area contributed by atoms with E-state index in [-0.39, 0.29) is 12.1 Å². The van der Waals surface area contributed by atoms with Crippen molar-refractivity contribution in [3.05, 3.63) is 29.3 Å². The van der Waals surface area contributed by atoms with Crippen LogP contribution in [-0.4, -0.2) is 24.3 Å². The monoisotopic (exact) mass is 218 g/mol. The Morgan fingerprint density at radius 2 is 2.06 bits per heavy atom. The number of nitriles is 1. The second-order valence-electron chi connectivity index (χ2n) is 4.66. The lowest BCUT2D eigenvalue weighted by molar-refractivity contribution is 0.216. The van der Waals surface area contributed by atoms with Gasteiger partial charge in [-0.15, -0.1) is 0 Å². The van der Waals surface area contributed by atoms with E-state index in [1.807, 2.05) is 50.9 Å². The highest BCUT2D eigenvalue weighted by Crippen LogP contribution is 2.26. The topological polar surface area (TPSA) is 47.3 Å². The molecule has 86 valence electrons. The average molecular weight is 218 g/mol. The highest BCUT2D eigenvalue weighted by Gasteiger charge is 2.24. The second kappa shape index (κ2) is 4.54. The molecule has 0 fully saturated rings. The Kier molecular flexibility index (Phi) is 3.56. The van der Waals surface area contributed by atoms with Crippen molar-refractivity contribution < 1.29 is 5.11 Å². The molecular formula is C13H18N2O. The number of nitrogens with zero attached hydrogens (tertiary/aromatic N) is 2. The van der Waals surface area contributed by atoms with Gasteiger partial charge in [-0.25, -0.2) is 0 Å². The average Bonchev–Trinajstić information content (AvgIpc) is 2.28. The van der Waals surface area contributed by atoms with Gasteiger partial charge in [0, 0.05) is 7.05 Å². The van der Waals surface area contributed by atoms with E-state index in [0.717, 1.165) is 11.3 Å². The number of aliphatic hydroxyl groups is 1. The SMILES string of the molecule is Cc1ccc(C#N)c(N(C)C(C)(C)CO)c1. The molecule has 0 aliphatic heterocycles. The van der Waals surface area contributed by atoms with Crippen LogP contribution in [0.15, 0.2) is 18.2 Å². The van der Waals surface area contributed by atoms with E-state index in [0.29, 0.717) is 5.56 Å². The van der Waals surface area contributed by atoms with Crippen LogP contribution in [0.3, 0.4) is 0 Å². The third-order valence-electron chi connectivity index (χ3n) is 2.93. The third-order valence-corrected chi connectivity index (χ3v) is 2.93. The van der Waals surface area contributed by atoms with Gasteiger partial charge in [-0.1, -0.05) is 6.07 Å². The molecule has 3 nitrogen and oxygen atoms in total. The normalized spacial score (nSPS) is 11.0. The summed E-state index contributed by atoms with van der Waals surface area (Å²) in [5.41, 5.74) is 2.23. The fourth-order valence-corrected chi connectivity index (χ4v) is 1.45. The number of hydrogen-bond acceptors (Lipinski definition) is 3. The Morgan fingerprint density at radius 1 is 1.44 bits per heavy atom. The molecule has 3 heteroatoms. The van der Waals surface area contributed by atoms with Crippen molar-refractivity contribution in [1.29, 1.82) is 5.26 Å². The zero-order valence-electron chi connectivity index (χ0n) is 10.3. The van der Waals surface area contributed by atoms with Crippen molar-refractivity contribution in [2.75, 3.05) is 18.6 Å². The molecule has 0 spiro atoms. The van der Waals surface area contributed by atoms with Crippen molar-refractivity contribution in [3.63, 3.8) is 0 Å². The van der Waals surface area contributed by atoms with Gasteiger partial charge in [0.25, 0.3) is 0 Å². The summed E-state index contributed by atoms with van der Waals surface area (Å²) in [7, 11) is 1.89. The summed E-state index contributed by atoms with van der Waals surface area (Å²) < 4.78 is 0. The maximum absolute atomic E-state index is 9.33. The van der Waals surface area contributed by atoms with Crippen LogP contribution < -0.4 is 4.90 Å². The first-order chi connectivity index (χ1) is 7.42. The number of hydrogen-bond donors (Lipinski definition) is 1. The molecule has 16 heavy (non-hydrogen) atoms. The summed E-state index contributed by atoms with van der Waals surface area (Å²) >= 11 is 0. The highest BCUT2D eigenvalue weighted by molar-refractivity contribution is 5.61. The van der Waals surface area contributed by atoms with Crippen LogP contribution in [0.5, 0.6) is 0 Å². The molecule has 1 rings (SSSR count). The smallest absolute Gasteiger partial charge is 0.101 e. The van der Waals surface area contributed by atoms with Crippen LogP contribution in [0.1, 0.15) is 25.0 Å². The Morgan fingerprint density at radius 3 is 2.56 bits per heavy atom. The Hall–Kier alpha value is -1.53. The summed E-state index contributed by atoms with van der Waals surface area (Å²) in [5, 5.41) is 18.4. The largest absolute Gasteiger partial charge is 0.394 e. The second-order valence-corrected chi connectivity index (χ2v) is 4.66.